The van der Waals surface area contributed by atoms with Gasteiger partial charge >= 0.3 is 5.97 Å². The number of likely N-dealkylation sites (tertiary alicyclic amines) is 1. The van der Waals surface area contributed by atoms with E-state index in [1.54, 1.807) is 13.0 Å². The summed E-state index contributed by atoms with van der Waals surface area (Å²) in [7, 11) is 1.88. The summed E-state index contributed by atoms with van der Waals surface area (Å²) in [6, 6.07) is 5.65. The summed E-state index contributed by atoms with van der Waals surface area (Å²) >= 11 is 9.18. The van der Waals surface area contributed by atoms with Gasteiger partial charge < -0.3 is 14.4 Å². The molecule has 192 valence electrons. The Morgan fingerprint density at radius 3 is 2.72 bits per heavy atom. The number of hydrogen-bond acceptors (Lipinski definition) is 5. The van der Waals surface area contributed by atoms with Crippen molar-refractivity contribution in [2.24, 2.45) is 7.05 Å². The Morgan fingerprint density at radius 1 is 1.36 bits per heavy atom. The summed E-state index contributed by atoms with van der Waals surface area (Å²) in [5.41, 5.74) is 1.97. The number of aliphatic carboxylic acids is 1. The molecule has 1 N–H and O–H groups in total. The standard InChI is InChI=1S/C26H29BrClFN4O3/c1-4-18(20(29)14-17(2)28)16-36-24-7-5-6-21(30-24)19-10-12-33(13-11-19)15-23-31-26(27)22(32(23)3)8-9-25(34)35/h4-9,14,19H,1,10-13,15-16H2,2-3H3,(H,34,35)/b9-8+,17-14+,20-18-. The second-order valence-electron chi connectivity index (χ2n) is 8.48. The van der Waals surface area contributed by atoms with Crippen LogP contribution in [-0.2, 0) is 18.4 Å². The molecule has 0 atom stereocenters. The summed E-state index contributed by atoms with van der Waals surface area (Å²) in [6.45, 7) is 7.67. The first-order chi connectivity index (χ1) is 17.2. The van der Waals surface area contributed by atoms with E-state index in [0.717, 1.165) is 43.5 Å². The Labute approximate surface area is 223 Å². The van der Waals surface area contributed by atoms with E-state index < -0.39 is 11.8 Å². The van der Waals surface area contributed by atoms with Crippen molar-refractivity contribution in [3.8, 4) is 5.88 Å². The van der Waals surface area contributed by atoms with Crippen molar-refractivity contribution in [2.45, 2.75) is 32.2 Å². The van der Waals surface area contributed by atoms with E-state index in [1.165, 1.54) is 18.2 Å². The molecule has 3 rings (SSSR count). The molecule has 10 heteroatoms. The van der Waals surface area contributed by atoms with Crippen LogP contribution in [0.1, 0.15) is 42.9 Å². The predicted molar refractivity (Wildman–Crippen MR) is 143 cm³/mol. The molecule has 0 bridgehead atoms. The average Bonchev–Trinajstić information content (AvgIpc) is 3.10. The zero-order chi connectivity index (χ0) is 26.2. The van der Waals surface area contributed by atoms with Crippen LogP contribution in [0.4, 0.5) is 4.39 Å². The Bertz CT molecular complexity index is 1200. The van der Waals surface area contributed by atoms with E-state index in [4.69, 9.17) is 21.4 Å². The van der Waals surface area contributed by atoms with Crippen LogP contribution in [0.5, 0.6) is 5.88 Å². The predicted octanol–water partition coefficient (Wildman–Crippen LogP) is 5.99. The quantitative estimate of drug-likeness (QED) is 0.275. The van der Waals surface area contributed by atoms with Crippen molar-refractivity contribution < 1.29 is 19.0 Å². The number of pyridine rings is 1. The van der Waals surface area contributed by atoms with Crippen LogP contribution in [0.2, 0.25) is 0 Å². The molecular weight excluding hydrogens is 551 g/mol. The molecule has 7 nitrogen and oxygen atoms in total. The molecule has 2 aromatic heterocycles. The second kappa shape index (κ2) is 13.0. The maximum absolute atomic E-state index is 14.2. The Hall–Kier alpha value is -2.75. The monoisotopic (exact) mass is 578 g/mol. The number of aromatic nitrogens is 3. The molecule has 36 heavy (non-hydrogen) atoms. The number of halogens is 3. The van der Waals surface area contributed by atoms with E-state index in [-0.39, 0.29) is 6.61 Å². The first-order valence-corrected chi connectivity index (χ1v) is 12.6. The van der Waals surface area contributed by atoms with Crippen LogP contribution < -0.4 is 4.74 Å². The van der Waals surface area contributed by atoms with Crippen LogP contribution in [0.25, 0.3) is 6.08 Å². The maximum atomic E-state index is 14.2. The molecule has 1 fully saturated rings. The fourth-order valence-corrected chi connectivity index (χ4v) is 4.66. The van der Waals surface area contributed by atoms with E-state index in [2.05, 4.69) is 37.4 Å². The second-order valence-corrected chi connectivity index (χ2v) is 9.83. The molecule has 0 aliphatic carbocycles. The number of piperidine rings is 1. The van der Waals surface area contributed by atoms with Crippen LogP contribution >= 0.6 is 27.5 Å². The van der Waals surface area contributed by atoms with Crippen molar-refractivity contribution in [1.82, 2.24) is 19.4 Å². The molecule has 0 unspecified atom stereocenters. The summed E-state index contributed by atoms with van der Waals surface area (Å²) in [5.74, 6) is 0.105. The SMILES string of the molecule is C=C/C(COc1cccc(C2CCN(Cc3nc(Br)c(/C=C/C(=O)O)n3C)CC2)n1)=C(F)\C=C(/C)Cl. The smallest absolute Gasteiger partial charge is 0.328 e. The van der Waals surface area contributed by atoms with Gasteiger partial charge in [-0.1, -0.05) is 30.3 Å². The summed E-state index contributed by atoms with van der Waals surface area (Å²) < 4.78 is 22.5. The number of ether oxygens (including phenoxy) is 1. The average molecular weight is 580 g/mol. The van der Waals surface area contributed by atoms with Gasteiger partial charge in [0.1, 0.15) is 22.9 Å². The minimum atomic E-state index is -1.00. The number of carboxylic acids is 1. The van der Waals surface area contributed by atoms with Crippen molar-refractivity contribution in [2.75, 3.05) is 19.7 Å². The van der Waals surface area contributed by atoms with Crippen molar-refractivity contribution in [1.29, 1.82) is 0 Å². The van der Waals surface area contributed by atoms with E-state index in [0.29, 0.717) is 39.2 Å². The third-order valence-corrected chi connectivity index (χ3v) is 6.63. The van der Waals surface area contributed by atoms with E-state index in [1.807, 2.05) is 23.7 Å². The fraction of sp³-hybridized carbons (Fsp3) is 0.346. The van der Waals surface area contributed by atoms with Gasteiger partial charge in [0, 0.05) is 41.4 Å². The van der Waals surface area contributed by atoms with Gasteiger partial charge in [-0.05, 0) is 67.0 Å². The number of hydrogen-bond donors (Lipinski definition) is 1. The zero-order valence-electron chi connectivity index (χ0n) is 20.3. The third kappa shape index (κ3) is 7.62. The van der Waals surface area contributed by atoms with Crippen molar-refractivity contribution >= 4 is 39.6 Å². The number of carbonyl (C=O) groups is 1. The molecule has 0 amide bonds. The summed E-state index contributed by atoms with van der Waals surface area (Å²) in [6.07, 6.45) is 7.14. The number of rotatable bonds is 10. The highest BCUT2D eigenvalue weighted by molar-refractivity contribution is 9.10. The van der Waals surface area contributed by atoms with Gasteiger partial charge in [-0.15, -0.1) is 0 Å². The molecule has 0 spiro atoms. The molecular formula is C26H29BrClFN4O3. The molecule has 1 aliphatic rings. The molecule has 0 aromatic carbocycles. The molecule has 0 saturated carbocycles. The normalized spacial score (nSPS) is 16.3. The highest BCUT2D eigenvalue weighted by atomic mass is 79.9. The molecule has 1 saturated heterocycles. The van der Waals surface area contributed by atoms with E-state index in [9.17, 15) is 9.18 Å². The Morgan fingerprint density at radius 2 is 2.08 bits per heavy atom. The minimum absolute atomic E-state index is 0.00770. The topological polar surface area (TPSA) is 80.5 Å². The fourth-order valence-electron chi connectivity index (χ4n) is 3.96. The van der Waals surface area contributed by atoms with Crippen LogP contribution in [0, 0.1) is 0 Å². The lowest BCUT2D eigenvalue weighted by Gasteiger charge is -2.31. The van der Waals surface area contributed by atoms with E-state index >= 15 is 0 Å². The molecule has 2 aromatic rings. The number of nitrogens with zero attached hydrogens (tertiary/aromatic N) is 4. The third-order valence-electron chi connectivity index (χ3n) is 5.94. The largest absolute Gasteiger partial charge is 0.478 e. The van der Waals surface area contributed by atoms with Gasteiger partial charge in [0.25, 0.3) is 0 Å². The zero-order valence-corrected chi connectivity index (χ0v) is 22.6. The maximum Gasteiger partial charge on any atom is 0.328 e. The van der Waals surface area contributed by atoms with Gasteiger partial charge in [0.15, 0.2) is 0 Å². The lowest BCUT2D eigenvalue weighted by atomic mass is 9.93. The van der Waals surface area contributed by atoms with Crippen molar-refractivity contribution in [3.05, 3.63) is 81.3 Å². The van der Waals surface area contributed by atoms with Gasteiger partial charge in [-0.3, -0.25) is 4.90 Å². The number of allylic oxidation sites excluding steroid dienone is 3. The minimum Gasteiger partial charge on any atom is -0.478 e. The molecule has 3 heterocycles. The van der Waals surface area contributed by atoms with Gasteiger partial charge in [-0.2, -0.15) is 0 Å². The van der Waals surface area contributed by atoms with Crippen LogP contribution in [0.3, 0.4) is 0 Å². The van der Waals surface area contributed by atoms with Crippen LogP contribution in [-0.4, -0.2) is 50.2 Å². The summed E-state index contributed by atoms with van der Waals surface area (Å²) in [5, 5.41) is 9.23. The Kier molecular flexibility index (Phi) is 10.0. The van der Waals surface area contributed by atoms with Gasteiger partial charge in [0.2, 0.25) is 5.88 Å². The molecule has 0 radical (unpaired) electrons. The van der Waals surface area contributed by atoms with Crippen LogP contribution in [0.15, 0.2) is 64.0 Å². The summed E-state index contributed by atoms with van der Waals surface area (Å²) in [4.78, 5) is 22.4. The first kappa shape index (κ1) is 27.8. The highest BCUT2D eigenvalue weighted by Gasteiger charge is 2.23. The van der Waals surface area contributed by atoms with Gasteiger partial charge in [0.05, 0.1) is 12.2 Å². The Balaban J connectivity index is 1.59. The first-order valence-electron chi connectivity index (χ1n) is 11.5. The number of carboxylic acid groups (broad SMARTS) is 1. The highest BCUT2D eigenvalue weighted by Crippen LogP contribution is 2.29. The lowest BCUT2D eigenvalue weighted by Crippen LogP contribution is -2.33. The molecule has 1 aliphatic heterocycles. The lowest BCUT2D eigenvalue weighted by molar-refractivity contribution is -0.131. The van der Waals surface area contributed by atoms with Crippen molar-refractivity contribution in [3.63, 3.8) is 0 Å². The van der Waals surface area contributed by atoms with Gasteiger partial charge in [-0.25, -0.2) is 19.2 Å². The number of imidazole rings is 1.